The molecule has 1 aromatic heterocycles. The van der Waals surface area contributed by atoms with Crippen molar-refractivity contribution in [3.63, 3.8) is 0 Å². The molecule has 0 aliphatic rings. The predicted octanol–water partition coefficient (Wildman–Crippen LogP) is 17.9. The van der Waals surface area contributed by atoms with E-state index in [2.05, 4.69) is 287 Å². The van der Waals surface area contributed by atoms with Gasteiger partial charge < -0.3 is 14.4 Å². The first-order valence-electron chi connectivity index (χ1n) is 22.9. The van der Waals surface area contributed by atoms with Crippen molar-refractivity contribution in [1.82, 2.24) is 4.57 Å². The molecule has 0 aliphatic heterocycles. The normalized spacial score (nSPS) is 11.3. The molecule has 316 valence electrons. The van der Waals surface area contributed by atoms with Crippen LogP contribution in [0.2, 0.25) is 0 Å². The summed E-state index contributed by atoms with van der Waals surface area (Å²) in [6.07, 6.45) is 0. The summed E-state index contributed by atoms with van der Waals surface area (Å²) in [6.45, 7) is 0. The third-order valence-electron chi connectivity index (χ3n) is 12.9. The first-order chi connectivity index (χ1) is 33.2. The lowest BCUT2D eigenvalue weighted by Crippen LogP contribution is -2.12. The minimum Gasteiger partial charge on any atom is -0.310 e. The molecular formula is C64H45N3. The minimum atomic E-state index is 1.07. The molecule has 0 atom stereocenters. The second-order valence-electron chi connectivity index (χ2n) is 17.0. The van der Waals surface area contributed by atoms with Crippen molar-refractivity contribution in [2.24, 2.45) is 0 Å². The molecular weight excluding hydrogens is 811 g/mol. The Morgan fingerprint density at radius 2 is 0.701 bits per heavy atom. The zero-order valence-corrected chi connectivity index (χ0v) is 36.8. The number of para-hydroxylation sites is 4. The van der Waals surface area contributed by atoms with Crippen LogP contribution in [0.25, 0.3) is 71.6 Å². The van der Waals surface area contributed by atoms with Crippen LogP contribution in [0.4, 0.5) is 34.1 Å². The van der Waals surface area contributed by atoms with Crippen LogP contribution in [0.5, 0.6) is 0 Å². The quantitative estimate of drug-likeness (QED) is 0.136. The zero-order chi connectivity index (χ0) is 44.5. The fraction of sp³-hybridized carbons (Fsp3) is 0. The third kappa shape index (κ3) is 7.49. The van der Waals surface area contributed by atoms with Crippen LogP contribution < -0.4 is 9.80 Å². The second kappa shape index (κ2) is 17.2. The van der Waals surface area contributed by atoms with Crippen LogP contribution in [-0.4, -0.2) is 4.57 Å². The van der Waals surface area contributed by atoms with Crippen molar-refractivity contribution >= 4 is 66.7 Å². The van der Waals surface area contributed by atoms with E-state index < -0.39 is 0 Å². The van der Waals surface area contributed by atoms with E-state index in [4.69, 9.17) is 0 Å². The smallest absolute Gasteiger partial charge is 0.0561 e. The summed E-state index contributed by atoms with van der Waals surface area (Å²) in [4.78, 5) is 4.78. The Labute approximate surface area is 391 Å². The first-order valence-corrected chi connectivity index (χ1v) is 22.9. The largest absolute Gasteiger partial charge is 0.310 e. The van der Waals surface area contributed by atoms with Gasteiger partial charge in [-0.3, -0.25) is 0 Å². The SMILES string of the molecule is c1ccc(-c2cc3ccccc3cc2N(c2cccc(-c3cccc(-c4cccc(N(c5ccccc5)c5ccccc5)c4)c3)c2)c2ccc3c4ccccc4n(-c4ccccc4)c3c2)cc1. The molecule has 0 amide bonds. The highest BCUT2D eigenvalue weighted by molar-refractivity contribution is 6.11. The van der Waals surface area contributed by atoms with E-state index in [-0.39, 0.29) is 0 Å². The van der Waals surface area contributed by atoms with Gasteiger partial charge in [0.05, 0.1) is 16.7 Å². The topological polar surface area (TPSA) is 11.4 Å². The van der Waals surface area contributed by atoms with E-state index in [1.165, 1.54) is 27.1 Å². The van der Waals surface area contributed by atoms with Crippen molar-refractivity contribution in [2.45, 2.75) is 0 Å². The zero-order valence-electron chi connectivity index (χ0n) is 36.8. The highest BCUT2D eigenvalue weighted by atomic mass is 15.2. The number of rotatable bonds is 10. The van der Waals surface area contributed by atoms with E-state index in [9.17, 15) is 0 Å². The molecule has 3 nitrogen and oxygen atoms in total. The summed E-state index contributed by atoms with van der Waals surface area (Å²) in [7, 11) is 0. The van der Waals surface area contributed by atoms with Gasteiger partial charge in [0.2, 0.25) is 0 Å². The molecule has 0 fully saturated rings. The summed E-state index contributed by atoms with van der Waals surface area (Å²) in [5, 5.41) is 4.84. The van der Waals surface area contributed by atoms with Crippen molar-refractivity contribution < 1.29 is 0 Å². The fourth-order valence-electron chi connectivity index (χ4n) is 9.77. The van der Waals surface area contributed by atoms with Gasteiger partial charge in [0.1, 0.15) is 0 Å². The number of benzene rings is 11. The molecule has 0 saturated heterocycles. The third-order valence-corrected chi connectivity index (χ3v) is 12.9. The van der Waals surface area contributed by atoms with Crippen molar-refractivity contribution in [1.29, 1.82) is 0 Å². The maximum atomic E-state index is 2.46. The highest BCUT2D eigenvalue weighted by Gasteiger charge is 2.22. The standard InChI is InChI=1S/C64H45N3/c1-5-20-46(21-6-1)61-43-51-22-13-14-23-52(51)44-63(61)66(58-38-39-60-59-36-15-16-37-62(59)67(64(60)45-58)55-32-11-4-12-33-55)57-35-19-27-50(42-57)48-25-17-24-47(40-48)49-26-18-34-56(41-49)65(53-28-7-2-8-29-53)54-30-9-3-10-31-54/h1-45H. The molecule has 11 aromatic carbocycles. The molecule has 12 rings (SSSR count). The number of nitrogens with zero attached hydrogens (tertiary/aromatic N) is 3. The monoisotopic (exact) mass is 855 g/mol. The van der Waals surface area contributed by atoms with Crippen LogP contribution >= 0.6 is 0 Å². The summed E-state index contributed by atoms with van der Waals surface area (Å²) in [5.41, 5.74) is 17.0. The van der Waals surface area contributed by atoms with E-state index >= 15 is 0 Å². The summed E-state index contributed by atoms with van der Waals surface area (Å²) < 4.78 is 2.40. The van der Waals surface area contributed by atoms with Gasteiger partial charge in [-0.2, -0.15) is 0 Å². The van der Waals surface area contributed by atoms with Crippen LogP contribution in [-0.2, 0) is 0 Å². The van der Waals surface area contributed by atoms with E-state index in [1.807, 2.05) is 0 Å². The summed E-state index contributed by atoms with van der Waals surface area (Å²) in [6, 6.07) is 98.7. The lowest BCUT2D eigenvalue weighted by molar-refractivity contribution is 1.18. The Bertz CT molecular complexity index is 3650. The second-order valence-corrected chi connectivity index (χ2v) is 17.0. The van der Waals surface area contributed by atoms with Gasteiger partial charge in [-0.25, -0.2) is 0 Å². The average molecular weight is 856 g/mol. The number of anilines is 6. The molecule has 1 heterocycles. The molecule has 0 saturated carbocycles. The number of hydrogen-bond acceptors (Lipinski definition) is 2. The van der Waals surface area contributed by atoms with Crippen LogP contribution in [0.15, 0.2) is 273 Å². The van der Waals surface area contributed by atoms with Crippen LogP contribution in [0, 0.1) is 0 Å². The van der Waals surface area contributed by atoms with Gasteiger partial charge in [-0.15, -0.1) is 0 Å². The van der Waals surface area contributed by atoms with Gasteiger partial charge >= 0.3 is 0 Å². The molecule has 12 aromatic rings. The predicted molar refractivity (Wildman–Crippen MR) is 284 cm³/mol. The highest BCUT2D eigenvalue weighted by Crippen LogP contribution is 2.46. The fourth-order valence-corrected chi connectivity index (χ4v) is 9.77. The summed E-state index contributed by atoms with van der Waals surface area (Å²) >= 11 is 0. The van der Waals surface area contributed by atoms with Crippen molar-refractivity contribution in [3.8, 4) is 39.1 Å². The number of aromatic nitrogens is 1. The number of hydrogen-bond donors (Lipinski definition) is 0. The van der Waals surface area contributed by atoms with E-state index in [1.54, 1.807) is 0 Å². The lowest BCUT2D eigenvalue weighted by Gasteiger charge is -2.29. The van der Waals surface area contributed by atoms with Gasteiger partial charge in [-0.1, -0.05) is 176 Å². The van der Waals surface area contributed by atoms with Gasteiger partial charge in [0.25, 0.3) is 0 Å². The number of fused-ring (bicyclic) bond motifs is 4. The van der Waals surface area contributed by atoms with Gasteiger partial charge in [-0.05, 0) is 136 Å². The Balaban J connectivity index is 1.02. The maximum absolute atomic E-state index is 2.46. The minimum absolute atomic E-state index is 1.07. The Morgan fingerprint density at radius 3 is 1.34 bits per heavy atom. The van der Waals surface area contributed by atoms with E-state index in [0.717, 1.165) is 78.7 Å². The molecule has 0 bridgehead atoms. The van der Waals surface area contributed by atoms with Gasteiger partial charge in [0, 0.05) is 50.5 Å². The molecule has 0 unspecified atom stereocenters. The molecule has 0 spiro atoms. The van der Waals surface area contributed by atoms with Gasteiger partial charge in [0.15, 0.2) is 0 Å². The van der Waals surface area contributed by atoms with Crippen LogP contribution in [0.3, 0.4) is 0 Å². The average Bonchev–Trinajstić information content (AvgIpc) is 3.74. The van der Waals surface area contributed by atoms with E-state index in [0.29, 0.717) is 0 Å². The molecule has 3 heteroatoms. The maximum Gasteiger partial charge on any atom is 0.0561 e. The summed E-state index contributed by atoms with van der Waals surface area (Å²) in [5.74, 6) is 0. The Kier molecular flexibility index (Phi) is 10.2. The lowest BCUT2D eigenvalue weighted by atomic mass is 9.96. The molecule has 0 radical (unpaired) electrons. The molecule has 67 heavy (non-hydrogen) atoms. The molecule has 0 aliphatic carbocycles. The molecule has 0 N–H and O–H groups in total. The Hall–Kier alpha value is -8.92. The van der Waals surface area contributed by atoms with Crippen molar-refractivity contribution in [3.05, 3.63) is 273 Å². The van der Waals surface area contributed by atoms with Crippen LogP contribution in [0.1, 0.15) is 0 Å². The Morgan fingerprint density at radius 1 is 0.254 bits per heavy atom. The van der Waals surface area contributed by atoms with Crippen molar-refractivity contribution in [2.75, 3.05) is 9.80 Å². The first kappa shape index (κ1) is 39.7.